The summed E-state index contributed by atoms with van der Waals surface area (Å²) in [7, 11) is 2.00. The van der Waals surface area contributed by atoms with Crippen molar-refractivity contribution in [3.8, 4) is 17.0 Å². The Balaban J connectivity index is 1.93. The summed E-state index contributed by atoms with van der Waals surface area (Å²) in [5.41, 5.74) is 1.60. The Hall–Kier alpha value is -2.06. The number of ether oxygens (including phenoxy) is 2. The predicted octanol–water partition coefficient (Wildman–Crippen LogP) is 4.41. The number of benzene rings is 1. The minimum absolute atomic E-state index is 0.120. The molecule has 1 aliphatic rings. The average Bonchev–Trinajstić information content (AvgIpc) is 3.03. The molecule has 1 aliphatic heterocycles. The second-order valence-electron chi connectivity index (χ2n) is 7.31. The summed E-state index contributed by atoms with van der Waals surface area (Å²) in [6.07, 6.45) is -1.02. The van der Waals surface area contributed by atoms with Gasteiger partial charge in [-0.15, -0.1) is 0 Å². The second-order valence-corrected chi connectivity index (χ2v) is 7.31. The maximum absolute atomic E-state index is 13.7. The van der Waals surface area contributed by atoms with Crippen molar-refractivity contribution in [3.63, 3.8) is 0 Å². The third kappa shape index (κ3) is 4.67. The van der Waals surface area contributed by atoms with Crippen molar-refractivity contribution in [1.82, 2.24) is 15.1 Å². The quantitative estimate of drug-likeness (QED) is 0.717. The highest BCUT2D eigenvalue weighted by molar-refractivity contribution is 5.67. The third-order valence-corrected chi connectivity index (χ3v) is 4.81. The summed E-state index contributed by atoms with van der Waals surface area (Å²) in [5, 5.41) is 6.93. The molecule has 2 aromatic rings. The van der Waals surface area contributed by atoms with E-state index in [1.54, 1.807) is 19.2 Å². The van der Waals surface area contributed by atoms with Crippen LogP contribution in [0.25, 0.3) is 11.3 Å². The summed E-state index contributed by atoms with van der Waals surface area (Å²) in [6.45, 7) is 5.92. The fourth-order valence-corrected chi connectivity index (χ4v) is 3.21. The van der Waals surface area contributed by atoms with Gasteiger partial charge in [0.15, 0.2) is 0 Å². The highest BCUT2D eigenvalue weighted by Crippen LogP contribution is 2.42. The highest BCUT2D eigenvalue weighted by Gasteiger charge is 2.37. The van der Waals surface area contributed by atoms with Crippen molar-refractivity contribution >= 4 is 0 Å². The first-order valence-electron chi connectivity index (χ1n) is 9.47. The van der Waals surface area contributed by atoms with Crippen molar-refractivity contribution in [3.05, 3.63) is 35.0 Å². The van der Waals surface area contributed by atoms with Gasteiger partial charge in [-0.1, -0.05) is 13.3 Å². The van der Waals surface area contributed by atoms with Crippen molar-refractivity contribution in [1.29, 1.82) is 0 Å². The molecule has 0 spiro atoms. The molecule has 8 heteroatoms. The molecule has 0 saturated carbocycles. The number of aryl methyl sites for hydroxylation is 1. The molecular weight excluding hydrogens is 371 g/mol. The fraction of sp³-hybridized carbons (Fsp3) is 0.550. The zero-order valence-electron chi connectivity index (χ0n) is 16.4. The van der Waals surface area contributed by atoms with Gasteiger partial charge >= 0.3 is 6.18 Å². The van der Waals surface area contributed by atoms with E-state index in [9.17, 15) is 13.2 Å². The molecule has 1 fully saturated rings. The number of halogens is 3. The van der Waals surface area contributed by atoms with Gasteiger partial charge in [-0.3, -0.25) is 5.10 Å². The Kier molecular flexibility index (Phi) is 6.30. The van der Waals surface area contributed by atoms with E-state index in [1.807, 2.05) is 7.05 Å². The number of nitrogens with one attached hydrogen (secondary N) is 1. The van der Waals surface area contributed by atoms with E-state index in [0.717, 1.165) is 31.0 Å². The van der Waals surface area contributed by atoms with Crippen molar-refractivity contribution in [2.75, 3.05) is 26.8 Å². The molecule has 1 aromatic carbocycles. The van der Waals surface area contributed by atoms with E-state index in [1.165, 1.54) is 0 Å². The molecule has 0 bridgehead atoms. The molecule has 5 nitrogen and oxygen atoms in total. The lowest BCUT2D eigenvalue weighted by molar-refractivity contribution is -0.142. The number of nitrogens with zero attached hydrogens (tertiary/aromatic N) is 2. The molecule has 0 amide bonds. The van der Waals surface area contributed by atoms with Gasteiger partial charge < -0.3 is 14.4 Å². The Morgan fingerprint density at radius 2 is 2.07 bits per heavy atom. The van der Waals surface area contributed by atoms with Crippen molar-refractivity contribution < 1.29 is 22.6 Å². The van der Waals surface area contributed by atoms with Crippen LogP contribution in [0.2, 0.25) is 0 Å². The van der Waals surface area contributed by atoms with Crippen molar-refractivity contribution in [2.45, 2.75) is 45.5 Å². The minimum Gasteiger partial charge on any atom is -0.485 e. The lowest BCUT2D eigenvalue weighted by atomic mass is 10.00. The highest BCUT2D eigenvalue weighted by atomic mass is 19.4. The number of alkyl halides is 3. The molecule has 1 N–H and O–H groups in total. The third-order valence-electron chi connectivity index (χ3n) is 4.81. The van der Waals surface area contributed by atoms with Crippen LogP contribution in [-0.4, -0.2) is 48.0 Å². The van der Waals surface area contributed by atoms with Crippen LogP contribution in [0.15, 0.2) is 18.3 Å². The van der Waals surface area contributed by atoms with Crippen LogP contribution < -0.4 is 4.74 Å². The van der Waals surface area contributed by atoms with Gasteiger partial charge in [-0.05, 0) is 44.6 Å². The van der Waals surface area contributed by atoms with Crippen LogP contribution in [0.5, 0.6) is 5.75 Å². The number of hydrogen-bond donors (Lipinski definition) is 1. The zero-order chi connectivity index (χ0) is 20.3. The first kappa shape index (κ1) is 20.7. The molecular formula is C20H26F3N3O2. The second kappa shape index (κ2) is 8.53. The maximum Gasteiger partial charge on any atom is 0.419 e. The van der Waals surface area contributed by atoms with E-state index in [0.29, 0.717) is 36.6 Å². The SMILES string of the molecule is CCCCN(C)Cc1cn[nH]c1-c1cc(C)c(OC2COC2)c(C(F)(F)F)c1. The number of unbranched alkanes of at least 4 members (excludes halogenated alkanes) is 1. The largest absolute Gasteiger partial charge is 0.485 e. The maximum atomic E-state index is 13.7. The molecule has 0 aliphatic carbocycles. The predicted molar refractivity (Wildman–Crippen MR) is 100 cm³/mol. The van der Waals surface area contributed by atoms with Crippen LogP contribution in [-0.2, 0) is 17.5 Å². The number of H-pyrrole nitrogens is 1. The molecule has 0 unspecified atom stereocenters. The smallest absolute Gasteiger partial charge is 0.419 e. The van der Waals surface area contributed by atoms with Gasteiger partial charge in [-0.25, -0.2) is 0 Å². The summed E-state index contributed by atoms with van der Waals surface area (Å²) in [6, 6.07) is 2.86. The van der Waals surface area contributed by atoms with Gasteiger partial charge in [0.05, 0.1) is 30.7 Å². The Bertz CT molecular complexity index is 800. The molecule has 1 aromatic heterocycles. The van der Waals surface area contributed by atoms with E-state index in [-0.39, 0.29) is 11.9 Å². The molecule has 2 heterocycles. The first-order chi connectivity index (χ1) is 13.3. The molecule has 0 radical (unpaired) electrons. The summed E-state index contributed by atoms with van der Waals surface area (Å²) in [4.78, 5) is 2.14. The molecule has 0 atom stereocenters. The first-order valence-corrected chi connectivity index (χ1v) is 9.47. The molecule has 1 saturated heterocycles. The molecule has 3 rings (SSSR count). The molecule has 28 heavy (non-hydrogen) atoms. The van der Waals surface area contributed by atoms with E-state index >= 15 is 0 Å². The molecule has 154 valence electrons. The van der Waals surface area contributed by atoms with Crippen LogP contribution in [0.1, 0.15) is 36.5 Å². The normalized spacial score (nSPS) is 15.1. The van der Waals surface area contributed by atoms with Gasteiger partial charge in [0.1, 0.15) is 11.9 Å². The lowest BCUT2D eigenvalue weighted by Crippen LogP contribution is -2.39. The number of hydrogen-bond acceptors (Lipinski definition) is 4. The zero-order valence-corrected chi connectivity index (χ0v) is 16.4. The lowest BCUT2D eigenvalue weighted by Gasteiger charge is -2.29. The summed E-state index contributed by atoms with van der Waals surface area (Å²) < 4.78 is 51.8. The average molecular weight is 397 g/mol. The number of rotatable bonds is 8. The Morgan fingerprint density at radius 1 is 1.32 bits per heavy atom. The van der Waals surface area contributed by atoms with E-state index in [2.05, 4.69) is 22.0 Å². The van der Waals surface area contributed by atoms with Gasteiger partial charge in [0.25, 0.3) is 0 Å². The van der Waals surface area contributed by atoms with Gasteiger partial charge in [0.2, 0.25) is 0 Å². The summed E-state index contributed by atoms with van der Waals surface area (Å²) in [5.74, 6) is -0.120. The monoisotopic (exact) mass is 397 g/mol. The van der Waals surface area contributed by atoms with E-state index < -0.39 is 11.7 Å². The van der Waals surface area contributed by atoms with Crippen molar-refractivity contribution in [2.24, 2.45) is 0 Å². The fourth-order valence-electron chi connectivity index (χ4n) is 3.21. The topological polar surface area (TPSA) is 50.4 Å². The van der Waals surface area contributed by atoms with Crippen LogP contribution in [0, 0.1) is 6.92 Å². The summed E-state index contributed by atoms with van der Waals surface area (Å²) >= 11 is 0. The van der Waals surface area contributed by atoms with Crippen LogP contribution >= 0.6 is 0 Å². The van der Waals surface area contributed by atoms with Gasteiger partial charge in [-0.2, -0.15) is 18.3 Å². The standard InChI is InChI=1S/C20H26F3N3O2/c1-4-5-6-26(3)10-15-9-24-25-18(15)14-7-13(2)19(28-16-11-27-12-16)17(8-14)20(21,22)23/h7-9,16H,4-6,10-12H2,1-3H3,(H,24,25). The van der Waals surface area contributed by atoms with Gasteiger partial charge in [0, 0.05) is 17.7 Å². The number of aromatic nitrogens is 2. The Morgan fingerprint density at radius 3 is 2.68 bits per heavy atom. The van der Waals surface area contributed by atoms with Crippen LogP contribution in [0.3, 0.4) is 0 Å². The van der Waals surface area contributed by atoms with E-state index in [4.69, 9.17) is 9.47 Å². The van der Waals surface area contributed by atoms with Crippen LogP contribution in [0.4, 0.5) is 13.2 Å². The Labute approximate surface area is 162 Å². The number of aromatic amines is 1. The minimum atomic E-state index is -4.52.